The number of nitrogens with one attached hydrogen (secondary N) is 1. The average Bonchev–Trinajstić information content (AvgIpc) is 3.33. The van der Waals surface area contributed by atoms with E-state index in [0.717, 1.165) is 34.7 Å². The molecule has 1 heterocycles. The minimum Gasteiger partial charge on any atom is -0.322 e. The summed E-state index contributed by atoms with van der Waals surface area (Å²) in [6, 6.07) is 3.88. The fourth-order valence-corrected chi connectivity index (χ4v) is 10.4. The van der Waals surface area contributed by atoms with Crippen LogP contribution in [0.15, 0.2) is 12.1 Å². The van der Waals surface area contributed by atoms with Gasteiger partial charge in [0.25, 0.3) is 5.91 Å². The molecule has 2 nitrogen and oxygen atoms in total. The van der Waals surface area contributed by atoms with Crippen LogP contribution in [0.4, 0.5) is 5.69 Å². The first-order valence-corrected chi connectivity index (χ1v) is 11.6. The van der Waals surface area contributed by atoms with Gasteiger partial charge in [0.1, 0.15) is 0 Å². The Bertz CT molecular complexity index is 601. The Kier molecular flexibility index (Phi) is 6.97. The van der Waals surface area contributed by atoms with Gasteiger partial charge in [0.15, 0.2) is 5.16 Å². The second-order valence-corrected chi connectivity index (χ2v) is 12.5. The van der Waals surface area contributed by atoms with Crippen LogP contribution in [-0.4, -0.2) is 29.5 Å². The SMILES string of the molecule is CC[P+]1(C2(C(=O)Nc3c(C)cc(Cl)cc3C)CC2)CCCCC1.[Y]. The van der Waals surface area contributed by atoms with E-state index in [2.05, 4.69) is 12.2 Å². The standard InChI is InChI=1S/C19H27ClNOP.Y/c1-4-23(10-6-5-7-11-23)19(8-9-19)18(22)21-17-14(2)12-16(20)13-15(17)3;/h12-13H,4-11H2,1-3H3;/p+1. The number of hydrogen-bond donors (Lipinski definition) is 1. The normalized spacial score (nSPS) is 20.8. The Balaban J connectivity index is 0.00000208. The molecule has 2 aliphatic rings. The summed E-state index contributed by atoms with van der Waals surface area (Å²) in [4.78, 5) is 13.2. The van der Waals surface area contributed by atoms with Crippen molar-refractivity contribution < 1.29 is 37.5 Å². The van der Waals surface area contributed by atoms with Gasteiger partial charge in [-0.1, -0.05) is 11.6 Å². The van der Waals surface area contributed by atoms with Crippen LogP contribution in [0.25, 0.3) is 0 Å². The second-order valence-electron chi connectivity index (χ2n) is 7.37. The Labute approximate surface area is 177 Å². The molecular formula is C19H28ClNOPY+. The van der Waals surface area contributed by atoms with Crippen LogP contribution < -0.4 is 5.32 Å². The molecule has 1 aliphatic carbocycles. The average molecular weight is 442 g/mol. The summed E-state index contributed by atoms with van der Waals surface area (Å²) in [7, 11) is -1.13. The van der Waals surface area contributed by atoms with Crippen LogP contribution in [0.1, 0.15) is 50.2 Å². The summed E-state index contributed by atoms with van der Waals surface area (Å²) >= 11 is 6.12. The maximum absolute atomic E-state index is 13.2. The Morgan fingerprint density at radius 1 is 1.17 bits per heavy atom. The first-order valence-electron chi connectivity index (χ1n) is 8.88. The molecule has 1 radical (unpaired) electrons. The van der Waals surface area contributed by atoms with Crippen LogP contribution in [-0.2, 0) is 37.5 Å². The molecule has 1 saturated heterocycles. The molecule has 1 aromatic rings. The number of halogens is 1. The van der Waals surface area contributed by atoms with Crippen molar-refractivity contribution in [2.75, 3.05) is 23.8 Å². The number of hydrogen-bond acceptors (Lipinski definition) is 1. The van der Waals surface area contributed by atoms with Gasteiger partial charge in [0.2, 0.25) is 0 Å². The maximum Gasteiger partial charge on any atom is 0.268 e. The predicted molar refractivity (Wildman–Crippen MR) is 103 cm³/mol. The largest absolute Gasteiger partial charge is 0.322 e. The van der Waals surface area contributed by atoms with Crippen LogP contribution >= 0.6 is 18.9 Å². The molecule has 2 fully saturated rings. The van der Waals surface area contributed by atoms with Gasteiger partial charge in [0.05, 0.1) is 18.5 Å². The summed E-state index contributed by atoms with van der Waals surface area (Å²) in [5.74, 6) is 0.295. The topological polar surface area (TPSA) is 29.1 Å². The monoisotopic (exact) mass is 441 g/mol. The van der Waals surface area contributed by atoms with Gasteiger partial charge in [-0.05, 0) is 63.3 Å². The molecule has 0 bridgehead atoms. The smallest absolute Gasteiger partial charge is 0.268 e. The van der Waals surface area contributed by atoms with Crippen molar-refractivity contribution in [3.63, 3.8) is 0 Å². The van der Waals surface area contributed by atoms with Crippen molar-refractivity contribution in [2.24, 2.45) is 0 Å². The number of rotatable bonds is 4. The predicted octanol–water partition coefficient (Wildman–Crippen LogP) is 5.65. The van der Waals surface area contributed by atoms with Gasteiger partial charge in [-0.15, -0.1) is 0 Å². The van der Waals surface area contributed by atoms with E-state index in [-0.39, 0.29) is 37.9 Å². The molecule has 1 aromatic carbocycles. The Morgan fingerprint density at radius 2 is 1.71 bits per heavy atom. The van der Waals surface area contributed by atoms with Gasteiger partial charge in [-0.3, -0.25) is 4.79 Å². The molecule has 3 rings (SSSR count). The number of carbonyl (C=O) groups is 1. The van der Waals surface area contributed by atoms with Crippen LogP contribution in [0.2, 0.25) is 5.02 Å². The van der Waals surface area contributed by atoms with Crippen molar-refractivity contribution in [2.45, 2.75) is 58.0 Å². The maximum atomic E-state index is 13.2. The molecule has 1 saturated carbocycles. The molecule has 1 aliphatic heterocycles. The molecule has 1 N–H and O–H groups in total. The quantitative estimate of drug-likeness (QED) is 0.601. The van der Waals surface area contributed by atoms with E-state index in [1.54, 1.807) is 0 Å². The molecule has 0 atom stereocenters. The van der Waals surface area contributed by atoms with Crippen molar-refractivity contribution in [3.8, 4) is 0 Å². The molecule has 5 heteroatoms. The third-order valence-electron chi connectivity index (χ3n) is 6.07. The summed E-state index contributed by atoms with van der Waals surface area (Å²) in [5, 5.41) is 4.02. The number of aryl methyl sites for hydroxylation is 2. The Morgan fingerprint density at radius 3 is 2.17 bits per heavy atom. The van der Waals surface area contributed by atoms with E-state index in [0.29, 0.717) is 5.91 Å². The first kappa shape index (κ1) is 20.8. The summed E-state index contributed by atoms with van der Waals surface area (Å²) in [6.07, 6.45) is 10.1. The molecule has 0 spiro atoms. The zero-order chi connectivity index (χ0) is 16.7. The van der Waals surface area contributed by atoms with E-state index >= 15 is 0 Å². The first-order chi connectivity index (χ1) is 10.9. The zero-order valence-electron chi connectivity index (χ0n) is 15.1. The summed E-state index contributed by atoms with van der Waals surface area (Å²) in [5.41, 5.74) is 3.09. The van der Waals surface area contributed by atoms with Crippen molar-refractivity contribution in [3.05, 3.63) is 28.3 Å². The molecule has 1 amide bonds. The summed E-state index contributed by atoms with van der Waals surface area (Å²) in [6.45, 7) is 6.38. The van der Waals surface area contributed by atoms with Gasteiger partial charge in [0, 0.05) is 63.5 Å². The van der Waals surface area contributed by atoms with Crippen LogP contribution in [0.5, 0.6) is 0 Å². The van der Waals surface area contributed by atoms with Crippen molar-refractivity contribution >= 4 is 30.5 Å². The third-order valence-corrected chi connectivity index (χ3v) is 12.3. The number of anilines is 1. The van der Waals surface area contributed by atoms with Gasteiger partial charge < -0.3 is 5.32 Å². The van der Waals surface area contributed by atoms with Crippen molar-refractivity contribution in [1.82, 2.24) is 0 Å². The molecule has 0 aromatic heterocycles. The molecular weight excluding hydrogens is 414 g/mol. The van der Waals surface area contributed by atoms with Gasteiger partial charge in [-0.25, -0.2) is 0 Å². The number of carbonyl (C=O) groups excluding carboxylic acids is 1. The summed E-state index contributed by atoms with van der Waals surface area (Å²) < 4.78 is 0. The van der Waals surface area contributed by atoms with E-state index in [9.17, 15) is 4.79 Å². The van der Waals surface area contributed by atoms with E-state index in [1.807, 2.05) is 26.0 Å². The minimum absolute atomic E-state index is 0. The Hall–Kier alpha value is 0.514. The number of amides is 1. The van der Waals surface area contributed by atoms with E-state index < -0.39 is 7.26 Å². The fourth-order valence-electron chi connectivity index (χ4n) is 4.54. The van der Waals surface area contributed by atoms with Gasteiger partial charge in [-0.2, -0.15) is 0 Å². The number of benzene rings is 1. The fraction of sp³-hybridized carbons (Fsp3) is 0.632. The molecule has 129 valence electrons. The molecule has 24 heavy (non-hydrogen) atoms. The minimum atomic E-state index is -1.13. The third kappa shape index (κ3) is 3.64. The van der Waals surface area contributed by atoms with Crippen LogP contribution in [0, 0.1) is 13.8 Å². The van der Waals surface area contributed by atoms with Crippen LogP contribution in [0.3, 0.4) is 0 Å². The second kappa shape index (κ2) is 8.04. The zero-order valence-corrected chi connectivity index (χ0v) is 19.6. The van der Waals surface area contributed by atoms with E-state index in [1.165, 1.54) is 37.7 Å². The van der Waals surface area contributed by atoms with Gasteiger partial charge >= 0.3 is 0 Å². The molecule has 0 unspecified atom stereocenters. The van der Waals surface area contributed by atoms with E-state index in [4.69, 9.17) is 11.6 Å². The van der Waals surface area contributed by atoms with Crippen molar-refractivity contribution in [1.29, 1.82) is 0 Å².